The summed E-state index contributed by atoms with van der Waals surface area (Å²) < 4.78 is 16.7. The maximum atomic E-state index is 5.72. The second-order valence-electron chi connectivity index (χ2n) is 5.75. The second kappa shape index (κ2) is 15.8. The van der Waals surface area contributed by atoms with Gasteiger partial charge in [0.25, 0.3) is 0 Å². The monoisotopic (exact) mass is 493 g/mol. The Morgan fingerprint density at radius 3 is 2.37 bits per heavy atom. The summed E-state index contributed by atoms with van der Waals surface area (Å²) in [5.41, 5.74) is 1.12. The van der Waals surface area contributed by atoms with Gasteiger partial charge in [0.2, 0.25) is 0 Å². The maximum absolute atomic E-state index is 5.72. The van der Waals surface area contributed by atoms with Gasteiger partial charge < -0.3 is 24.8 Å². The SMILES string of the molecule is CCNC(=NCCCOCC)NC(C)c1ccc(OCC)c(OCC)c1.I. The van der Waals surface area contributed by atoms with Crippen molar-refractivity contribution in [3.05, 3.63) is 23.8 Å². The fourth-order valence-corrected chi connectivity index (χ4v) is 2.45. The molecule has 0 saturated carbocycles. The number of rotatable bonds is 12. The first kappa shape index (κ1) is 25.8. The Morgan fingerprint density at radius 2 is 1.74 bits per heavy atom. The minimum atomic E-state index is 0. The molecule has 0 bridgehead atoms. The summed E-state index contributed by atoms with van der Waals surface area (Å²) in [6, 6.07) is 6.15. The zero-order chi connectivity index (χ0) is 19.2. The predicted octanol–water partition coefficient (Wildman–Crippen LogP) is 4.14. The molecule has 0 aliphatic rings. The number of hydrogen-bond donors (Lipinski definition) is 2. The van der Waals surface area contributed by atoms with Crippen LogP contribution in [-0.4, -0.2) is 45.5 Å². The first-order valence-electron chi connectivity index (χ1n) is 9.68. The van der Waals surface area contributed by atoms with Crippen molar-refractivity contribution in [2.24, 2.45) is 4.99 Å². The Balaban J connectivity index is 0.00000676. The fraction of sp³-hybridized carbons (Fsp3) is 0.650. The molecule has 7 heteroatoms. The molecular weight excluding hydrogens is 457 g/mol. The minimum Gasteiger partial charge on any atom is -0.490 e. The van der Waals surface area contributed by atoms with Gasteiger partial charge in [0.15, 0.2) is 17.5 Å². The van der Waals surface area contributed by atoms with Gasteiger partial charge in [0, 0.05) is 26.3 Å². The molecular formula is C20H36IN3O3. The van der Waals surface area contributed by atoms with E-state index < -0.39 is 0 Å². The van der Waals surface area contributed by atoms with E-state index in [1.165, 1.54) is 0 Å². The molecule has 0 aliphatic carbocycles. The van der Waals surface area contributed by atoms with Crippen molar-refractivity contribution in [3.63, 3.8) is 0 Å². The Hall–Kier alpha value is -1.22. The van der Waals surface area contributed by atoms with E-state index in [0.29, 0.717) is 13.2 Å². The lowest BCUT2D eigenvalue weighted by Gasteiger charge is -2.20. The third-order valence-corrected chi connectivity index (χ3v) is 3.69. The Bertz CT molecular complexity index is 541. The maximum Gasteiger partial charge on any atom is 0.191 e. The van der Waals surface area contributed by atoms with Crippen LogP contribution >= 0.6 is 24.0 Å². The van der Waals surface area contributed by atoms with Crippen molar-refractivity contribution in [2.75, 3.05) is 39.5 Å². The van der Waals surface area contributed by atoms with Gasteiger partial charge in [-0.1, -0.05) is 6.07 Å². The number of aliphatic imine (C=N–C) groups is 1. The largest absolute Gasteiger partial charge is 0.490 e. The van der Waals surface area contributed by atoms with E-state index in [1.807, 2.05) is 32.9 Å². The van der Waals surface area contributed by atoms with E-state index in [9.17, 15) is 0 Å². The van der Waals surface area contributed by atoms with Gasteiger partial charge in [-0.15, -0.1) is 24.0 Å². The van der Waals surface area contributed by atoms with Crippen molar-refractivity contribution in [2.45, 2.75) is 47.1 Å². The van der Waals surface area contributed by atoms with Crippen LogP contribution in [0, 0.1) is 0 Å². The summed E-state index contributed by atoms with van der Waals surface area (Å²) in [7, 11) is 0. The van der Waals surface area contributed by atoms with Crippen molar-refractivity contribution in [1.29, 1.82) is 0 Å². The normalized spacial score (nSPS) is 12.1. The van der Waals surface area contributed by atoms with Gasteiger partial charge in [-0.25, -0.2) is 0 Å². The van der Waals surface area contributed by atoms with Crippen molar-refractivity contribution in [1.82, 2.24) is 10.6 Å². The summed E-state index contributed by atoms with van der Waals surface area (Å²) in [5, 5.41) is 6.74. The highest BCUT2D eigenvalue weighted by molar-refractivity contribution is 14.0. The zero-order valence-electron chi connectivity index (χ0n) is 17.3. The second-order valence-corrected chi connectivity index (χ2v) is 5.75. The number of nitrogens with zero attached hydrogens (tertiary/aromatic N) is 1. The van der Waals surface area contributed by atoms with Crippen molar-refractivity contribution >= 4 is 29.9 Å². The summed E-state index contributed by atoms with van der Waals surface area (Å²) in [4.78, 5) is 4.61. The number of halogens is 1. The van der Waals surface area contributed by atoms with Gasteiger partial charge in [-0.2, -0.15) is 0 Å². The molecule has 0 fully saturated rings. The molecule has 0 spiro atoms. The van der Waals surface area contributed by atoms with Crippen LogP contribution in [0.1, 0.15) is 52.6 Å². The minimum absolute atomic E-state index is 0. The van der Waals surface area contributed by atoms with E-state index in [-0.39, 0.29) is 30.0 Å². The van der Waals surface area contributed by atoms with E-state index in [4.69, 9.17) is 14.2 Å². The molecule has 2 N–H and O–H groups in total. The molecule has 0 amide bonds. The molecule has 0 heterocycles. The standard InChI is InChI=1S/C20H35N3O3.HI/c1-6-21-20(22-13-10-14-24-7-2)23-16(5)17-11-12-18(25-8-3)19(15-17)26-9-4;/h11-12,15-16H,6-10,13-14H2,1-5H3,(H2,21,22,23);1H. The first-order chi connectivity index (χ1) is 12.7. The third-order valence-electron chi connectivity index (χ3n) is 3.69. The molecule has 0 aliphatic heterocycles. The van der Waals surface area contributed by atoms with Crippen molar-refractivity contribution < 1.29 is 14.2 Å². The summed E-state index contributed by atoms with van der Waals surface area (Å²) in [6.07, 6.45) is 0.913. The molecule has 156 valence electrons. The molecule has 1 rings (SSSR count). The van der Waals surface area contributed by atoms with Crippen LogP contribution < -0.4 is 20.1 Å². The Kier molecular flexibility index (Phi) is 15.1. The highest BCUT2D eigenvalue weighted by atomic mass is 127. The van der Waals surface area contributed by atoms with E-state index in [1.54, 1.807) is 0 Å². The summed E-state index contributed by atoms with van der Waals surface area (Å²) >= 11 is 0. The highest BCUT2D eigenvalue weighted by Gasteiger charge is 2.12. The zero-order valence-corrected chi connectivity index (χ0v) is 19.7. The van der Waals surface area contributed by atoms with Crippen LogP contribution in [0.4, 0.5) is 0 Å². The third kappa shape index (κ3) is 10.0. The van der Waals surface area contributed by atoms with E-state index in [0.717, 1.165) is 55.7 Å². The Labute approximate surface area is 181 Å². The lowest BCUT2D eigenvalue weighted by atomic mass is 10.1. The number of nitrogens with one attached hydrogen (secondary N) is 2. The summed E-state index contributed by atoms with van der Waals surface area (Å²) in [6.45, 7) is 14.4. The molecule has 1 atom stereocenters. The molecule has 1 aromatic carbocycles. The topological polar surface area (TPSA) is 64.1 Å². The lowest BCUT2D eigenvalue weighted by Crippen LogP contribution is -2.38. The number of guanidine groups is 1. The fourth-order valence-electron chi connectivity index (χ4n) is 2.45. The van der Waals surface area contributed by atoms with Crippen LogP contribution in [0.25, 0.3) is 0 Å². The van der Waals surface area contributed by atoms with Crippen molar-refractivity contribution in [3.8, 4) is 11.5 Å². The summed E-state index contributed by atoms with van der Waals surface area (Å²) in [5.74, 6) is 2.37. The molecule has 1 unspecified atom stereocenters. The van der Waals surface area contributed by atoms with E-state index >= 15 is 0 Å². The van der Waals surface area contributed by atoms with E-state index in [2.05, 4.69) is 35.5 Å². The van der Waals surface area contributed by atoms with Gasteiger partial charge in [-0.3, -0.25) is 4.99 Å². The quantitative estimate of drug-likeness (QED) is 0.198. The van der Waals surface area contributed by atoms with Gasteiger partial charge in [0.1, 0.15) is 0 Å². The van der Waals surface area contributed by atoms with Crippen LogP contribution in [0.3, 0.4) is 0 Å². The number of benzene rings is 1. The number of hydrogen-bond acceptors (Lipinski definition) is 4. The average Bonchev–Trinajstić information content (AvgIpc) is 2.63. The molecule has 27 heavy (non-hydrogen) atoms. The lowest BCUT2D eigenvalue weighted by molar-refractivity contribution is 0.146. The van der Waals surface area contributed by atoms with Crippen LogP contribution in [0.5, 0.6) is 11.5 Å². The smallest absolute Gasteiger partial charge is 0.191 e. The van der Waals surface area contributed by atoms with Crippen LogP contribution in [0.2, 0.25) is 0 Å². The molecule has 0 aromatic heterocycles. The van der Waals surface area contributed by atoms with Gasteiger partial charge in [-0.05, 0) is 58.7 Å². The predicted molar refractivity (Wildman–Crippen MR) is 123 cm³/mol. The average molecular weight is 493 g/mol. The number of ether oxygens (including phenoxy) is 3. The highest BCUT2D eigenvalue weighted by Crippen LogP contribution is 2.30. The van der Waals surface area contributed by atoms with Gasteiger partial charge in [0.05, 0.1) is 19.3 Å². The molecule has 6 nitrogen and oxygen atoms in total. The molecule has 0 radical (unpaired) electrons. The van der Waals surface area contributed by atoms with Crippen LogP contribution in [-0.2, 0) is 4.74 Å². The Morgan fingerprint density at radius 1 is 1.04 bits per heavy atom. The molecule has 1 aromatic rings. The van der Waals surface area contributed by atoms with Gasteiger partial charge >= 0.3 is 0 Å². The molecule has 0 saturated heterocycles. The first-order valence-corrected chi connectivity index (χ1v) is 9.68. The van der Waals surface area contributed by atoms with Crippen LogP contribution in [0.15, 0.2) is 23.2 Å².